The number of hydrogen-bond donors (Lipinski definition) is 2. The summed E-state index contributed by atoms with van der Waals surface area (Å²) in [5.74, 6) is 2.79. The molecule has 1 spiro atoms. The first-order chi connectivity index (χ1) is 12.2. The molecule has 6 heteroatoms. The molecule has 130 valence electrons. The molecule has 4 rings (SSSR count). The van der Waals surface area contributed by atoms with E-state index in [1.807, 2.05) is 23.9 Å². The van der Waals surface area contributed by atoms with Gasteiger partial charge in [0.1, 0.15) is 11.7 Å². The molecule has 0 aliphatic carbocycles. The van der Waals surface area contributed by atoms with Crippen LogP contribution in [0.3, 0.4) is 0 Å². The van der Waals surface area contributed by atoms with Crippen LogP contribution in [0.5, 0.6) is 0 Å². The lowest BCUT2D eigenvalue weighted by molar-refractivity contribution is 0.559. The lowest BCUT2D eigenvalue weighted by Gasteiger charge is -2.43. The highest BCUT2D eigenvalue weighted by atomic mass is 35.5. The molecule has 2 aliphatic heterocycles. The first-order valence-corrected chi connectivity index (χ1v) is 9.90. The molecular formula is C19H19ClFN3S. The molecule has 0 atom stereocenters. The lowest BCUT2D eigenvalue weighted by Crippen LogP contribution is -2.54. The van der Waals surface area contributed by atoms with Gasteiger partial charge in [-0.1, -0.05) is 29.8 Å². The first kappa shape index (κ1) is 16.7. The Morgan fingerprint density at radius 2 is 1.88 bits per heavy atom. The van der Waals surface area contributed by atoms with E-state index in [0.717, 1.165) is 47.1 Å². The van der Waals surface area contributed by atoms with Crippen molar-refractivity contribution in [1.29, 1.82) is 0 Å². The summed E-state index contributed by atoms with van der Waals surface area (Å²) in [5.41, 5.74) is 2.92. The van der Waals surface area contributed by atoms with E-state index in [2.05, 4.69) is 22.8 Å². The maximum absolute atomic E-state index is 13.4. The predicted octanol–water partition coefficient (Wildman–Crippen LogP) is 5.18. The third-order valence-corrected chi connectivity index (χ3v) is 6.03. The molecule has 0 saturated carbocycles. The van der Waals surface area contributed by atoms with E-state index in [-0.39, 0.29) is 10.6 Å². The summed E-state index contributed by atoms with van der Waals surface area (Å²) in [4.78, 5) is 4.85. The van der Waals surface area contributed by atoms with Gasteiger partial charge < -0.3 is 10.6 Å². The molecule has 2 N–H and O–H groups in total. The molecule has 2 aliphatic rings. The summed E-state index contributed by atoms with van der Waals surface area (Å²) in [7, 11) is 0. The number of aliphatic imine (C=N–C) groups is 1. The second-order valence-electron chi connectivity index (χ2n) is 6.40. The largest absolute Gasteiger partial charge is 0.371 e. The number of rotatable bonds is 2. The maximum atomic E-state index is 13.4. The van der Waals surface area contributed by atoms with Crippen LogP contribution in [0, 0.1) is 5.82 Å². The number of nitrogens with zero attached hydrogens (tertiary/aromatic N) is 1. The Balaban J connectivity index is 1.66. The fourth-order valence-electron chi connectivity index (χ4n) is 3.35. The van der Waals surface area contributed by atoms with Gasteiger partial charge in [0.05, 0.1) is 28.5 Å². The average molecular weight is 376 g/mol. The SMILES string of the molecule is Fc1ccc(CN=C2Nc3ccccc3NC23CCSCC3)cc1Cl. The van der Waals surface area contributed by atoms with Crippen LogP contribution < -0.4 is 10.6 Å². The van der Waals surface area contributed by atoms with E-state index in [9.17, 15) is 4.39 Å². The Labute approximate surface area is 156 Å². The zero-order valence-electron chi connectivity index (χ0n) is 13.7. The quantitative estimate of drug-likeness (QED) is 0.759. The summed E-state index contributed by atoms with van der Waals surface area (Å²) in [6, 6.07) is 13.0. The average Bonchev–Trinajstić information content (AvgIpc) is 2.63. The molecule has 2 aromatic rings. The summed E-state index contributed by atoms with van der Waals surface area (Å²) < 4.78 is 13.4. The van der Waals surface area contributed by atoms with Crippen molar-refractivity contribution >= 4 is 40.6 Å². The number of benzene rings is 2. The van der Waals surface area contributed by atoms with Crippen LogP contribution in [-0.4, -0.2) is 22.9 Å². The highest BCUT2D eigenvalue weighted by molar-refractivity contribution is 7.99. The molecule has 3 nitrogen and oxygen atoms in total. The maximum Gasteiger partial charge on any atom is 0.141 e. The number of anilines is 2. The molecule has 2 heterocycles. The van der Waals surface area contributed by atoms with E-state index < -0.39 is 5.82 Å². The van der Waals surface area contributed by atoms with Gasteiger partial charge in [0, 0.05) is 0 Å². The minimum atomic E-state index is -0.398. The van der Waals surface area contributed by atoms with Crippen LogP contribution in [0.15, 0.2) is 47.5 Å². The summed E-state index contributed by atoms with van der Waals surface area (Å²) in [6.45, 7) is 0.473. The van der Waals surface area contributed by atoms with Crippen LogP contribution in [0.4, 0.5) is 15.8 Å². The van der Waals surface area contributed by atoms with Gasteiger partial charge in [-0.05, 0) is 54.2 Å². The lowest BCUT2D eigenvalue weighted by atomic mass is 9.87. The molecule has 0 amide bonds. The van der Waals surface area contributed by atoms with E-state index in [0.29, 0.717) is 6.54 Å². The standard InChI is InChI=1S/C19H19ClFN3S/c20-14-11-13(5-6-15(14)21)12-22-18-19(7-9-25-10-8-19)24-17-4-2-1-3-16(17)23-18/h1-6,11,24H,7-10,12H2,(H,22,23). The molecule has 25 heavy (non-hydrogen) atoms. The van der Waals surface area contributed by atoms with Crippen LogP contribution in [0.1, 0.15) is 18.4 Å². The zero-order valence-corrected chi connectivity index (χ0v) is 15.3. The van der Waals surface area contributed by atoms with E-state index >= 15 is 0 Å². The van der Waals surface area contributed by atoms with Crippen molar-refractivity contribution in [1.82, 2.24) is 0 Å². The molecule has 0 bridgehead atoms. The Morgan fingerprint density at radius 1 is 1.12 bits per heavy atom. The number of fused-ring (bicyclic) bond motifs is 1. The molecule has 1 fully saturated rings. The monoisotopic (exact) mass is 375 g/mol. The molecule has 0 unspecified atom stereocenters. The van der Waals surface area contributed by atoms with Gasteiger partial charge in [0.25, 0.3) is 0 Å². The van der Waals surface area contributed by atoms with Crippen molar-refractivity contribution < 1.29 is 4.39 Å². The van der Waals surface area contributed by atoms with Crippen LogP contribution in [0.25, 0.3) is 0 Å². The van der Waals surface area contributed by atoms with Gasteiger partial charge in [-0.2, -0.15) is 11.8 Å². The minimum absolute atomic E-state index is 0.140. The van der Waals surface area contributed by atoms with Gasteiger partial charge in [0.15, 0.2) is 0 Å². The molecule has 2 aromatic carbocycles. The topological polar surface area (TPSA) is 36.4 Å². The van der Waals surface area contributed by atoms with Crippen molar-refractivity contribution in [2.75, 3.05) is 22.1 Å². The fraction of sp³-hybridized carbons (Fsp3) is 0.316. The van der Waals surface area contributed by atoms with Crippen molar-refractivity contribution in [3.05, 3.63) is 58.9 Å². The second-order valence-corrected chi connectivity index (χ2v) is 8.04. The highest BCUT2D eigenvalue weighted by Crippen LogP contribution is 2.38. The van der Waals surface area contributed by atoms with Crippen LogP contribution >= 0.6 is 23.4 Å². The van der Waals surface area contributed by atoms with E-state index in [1.54, 1.807) is 12.1 Å². The number of halogens is 2. The number of nitrogens with one attached hydrogen (secondary N) is 2. The molecule has 0 radical (unpaired) electrons. The van der Waals surface area contributed by atoms with Crippen LogP contribution in [-0.2, 0) is 6.54 Å². The van der Waals surface area contributed by atoms with E-state index in [4.69, 9.17) is 16.6 Å². The highest BCUT2D eigenvalue weighted by Gasteiger charge is 2.40. The Hall–Kier alpha value is -1.72. The Morgan fingerprint density at radius 3 is 2.64 bits per heavy atom. The Kier molecular flexibility index (Phi) is 4.61. The van der Waals surface area contributed by atoms with Gasteiger partial charge >= 0.3 is 0 Å². The third-order valence-electron chi connectivity index (χ3n) is 4.76. The molecular weight excluding hydrogens is 357 g/mol. The van der Waals surface area contributed by atoms with Gasteiger partial charge in [-0.15, -0.1) is 0 Å². The van der Waals surface area contributed by atoms with Crippen molar-refractivity contribution in [3.63, 3.8) is 0 Å². The van der Waals surface area contributed by atoms with Crippen LogP contribution in [0.2, 0.25) is 5.02 Å². The molecule has 1 saturated heterocycles. The number of amidine groups is 1. The van der Waals surface area contributed by atoms with E-state index in [1.165, 1.54) is 6.07 Å². The van der Waals surface area contributed by atoms with Crippen molar-refractivity contribution in [2.45, 2.75) is 24.9 Å². The van der Waals surface area contributed by atoms with Gasteiger partial charge in [-0.25, -0.2) is 4.39 Å². The normalized spacial score (nSPS) is 20.0. The number of thioether (sulfide) groups is 1. The number of para-hydroxylation sites is 2. The van der Waals surface area contributed by atoms with Crippen molar-refractivity contribution in [2.24, 2.45) is 4.99 Å². The predicted molar refractivity (Wildman–Crippen MR) is 106 cm³/mol. The van der Waals surface area contributed by atoms with Gasteiger partial charge in [0.2, 0.25) is 0 Å². The number of hydrogen-bond acceptors (Lipinski definition) is 3. The second kappa shape index (κ2) is 6.89. The zero-order chi connectivity index (χ0) is 17.3. The first-order valence-electron chi connectivity index (χ1n) is 8.37. The summed E-state index contributed by atoms with van der Waals surface area (Å²) in [5, 5.41) is 7.39. The van der Waals surface area contributed by atoms with Gasteiger partial charge in [-0.3, -0.25) is 4.99 Å². The third kappa shape index (κ3) is 3.35. The summed E-state index contributed by atoms with van der Waals surface area (Å²) >= 11 is 7.87. The molecule has 0 aromatic heterocycles. The minimum Gasteiger partial charge on any atom is -0.371 e. The smallest absolute Gasteiger partial charge is 0.141 e. The Bertz CT molecular complexity index is 818. The van der Waals surface area contributed by atoms with Crippen molar-refractivity contribution in [3.8, 4) is 0 Å². The summed E-state index contributed by atoms with van der Waals surface area (Å²) in [6.07, 6.45) is 2.06. The fourth-order valence-corrected chi connectivity index (χ4v) is 4.74.